The predicted octanol–water partition coefficient (Wildman–Crippen LogP) is 0.880. The Balaban J connectivity index is 2.18. The number of rotatable bonds is 1. The van der Waals surface area contributed by atoms with Crippen LogP contribution in [0.25, 0.3) is 0 Å². The maximum absolute atomic E-state index is 6.03. The second-order valence-electron chi connectivity index (χ2n) is 5.52. The van der Waals surface area contributed by atoms with Crippen LogP contribution in [0.2, 0.25) is 0 Å². The fourth-order valence-electron chi connectivity index (χ4n) is 3.15. The minimum absolute atomic E-state index is 0.211. The first-order valence-electron chi connectivity index (χ1n) is 6.33. The summed E-state index contributed by atoms with van der Waals surface area (Å²) < 4.78 is 0. The summed E-state index contributed by atoms with van der Waals surface area (Å²) in [5, 5.41) is 0. The second kappa shape index (κ2) is 4.24. The molecule has 0 radical (unpaired) electrons. The lowest BCUT2D eigenvalue weighted by Gasteiger charge is -2.41. The average Bonchev–Trinajstić information content (AvgIpc) is 2.41. The Morgan fingerprint density at radius 1 is 1.31 bits per heavy atom. The number of nitrogens with zero attached hydrogens (tertiary/aromatic N) is 3. The van der Waals surface area contributed by atoms with Crippen LogP contribution in [0.1, 0.15) is 33.1 Å². The molecule has 0 aromatic heterocycles. The van der Waals surface area contributed by atoms with Crippen LogP contribution in [0.15, 0.2) is 4.99 Å². The van der Waals surface area contributed by atoms with Crippen molar-refractivity contribution in [2.45, 2.75) is 44.7 Å². The highest BCUT2D eigenvalue weighted by molar-refractivity contribution is 5.81. The lowest BCUT2D eigenvalue weighted by molar-refractivity contribution is 0.143. The van der Waals surface area contributed by atoms with Gasteiger partial charge in [0.1, 0.15) is 0 Å². The highest BCUT2D eigenvalue weighted by Crippen LogP contribution is 2.34. The van der Waals surface area contributed by atoms with Crippen LogP contribution in [0.5, 0.6) is 0 Å². The van der Waals surface area contributed by atoms with E-state index >= 15 is 0 Å². The molecule has 1 unspecified atom stereocenters. The SMILES string of the molecule is CC(C)N1C(N)=NCC12CCCN(C)CC2. The van der Waals surface area contributed by atoms with Crippen LogP contribution in [0.3, 0.4) is 0 Å². The molecule has 0 bridgehead atoms. The van der Waals surface area contributed by atoms with E-state index in [-0.39, 0.29) is 5.54 Å². The lowest BCUT2D eigenvalue weighted by atomic mass is 9.88. The minimum Gasteiger partial charge on any atom is -0.370 e. The number of guanidine groups is 1. The highest BCUT2D eigenvalue weighted by atomic mass is 15.4. The average molecular weight is 224 g/mol. The highest BCUT2D eigenvalue weighted by Gasteiger charge is 2.43. The van der Waals surface area contributed by atoms with Crippen molar-refractivity contribution < 1.29 is 0 Å². The molecule has 92 valence electrons. The fourth-order valence-corrected chi connectivity index (χ4v) is 3.15. The Kier molecular flexibility index (Phi) is 3.10. The zero-order valence-electron chi connectivity index (χ0n) is 10.7. The predicted molar refractivity (Wildman–Crippen MR) is 67.5 cm³/mol. The zero-order chi connectivity index (χ0) is 11.8. The van der Waals surface area contributed by atoms with Crippen LogP contribution in [0, 0.1) is 0 Å². The van der Waals surface area contributed by atoms with E-state index in [1.165, 1.54) is 25.8 Å². The molecule has 2 aliphatic heterocycles. The minimum atomic E-state index is 0.211. The van der Waals surface area contributed by atoms with Crippen molar-refractivity contribution in [1.29, 1.82) is 0 Å². The van der Waals surface area contributed by atoms with Crippen molar-refractivity contribution in [2.24, 2.45) is 10.7 Å². The summed E-state index contributed by atoms with van der Waals surface area (Å²) in [4.78, 5) is 9.26. The van der Waals surface area contributed by atoms with Crippen LogP contribution in [-0.4, -0.2) is 54.0 Å². The Labute approximate surface area is 98.5 Å². The Morgan fingerprint density at radius 3 is 2.75 bits per heavy atom. The molecule has 0 aliphatic carbocycles. The molecule has 4 heteroatoms. The first-order chi connectivity index (χ1) is 7.55. The van der Waals surface area contributed by atoms with Gasteiger partial charge in [-0.1, -0.05) is 0 Å². The normalized spacial score (nSPS) is 32.2. The Hall–Kier alpha value is -0.770. The summed E-state index contributed by atoms with van der Waals surface area (Å²) in [7, 11) is 2.21. The first kappa shape index (κ1) is 11.7. The smallest absolute Gasteiger partial charge is 0.192 e. The zero-order valence-corrected chi connectivity index (χ0v) is 10.7. The van der Waals surface area contributed by atoms with E-state index in [1.54, 1.807) is 0 Å². The third-order valence-corrected chi connectivity index (χ3v) is 3.95. The van der Waals surface area contributed by atoms with Crippen LogP contribution >= 0.6 is 0 Å². The molecule has 1 spiro atoms. The van der Waals surface area contributed by atoms with E-state index in [0.29, 0.717) is 6.04 Å². The third-order valence-electron chi connectivity index (χ3n) is 3.95. The van der Waals surface area contributed by atoms with Crippen LogP contribution in [-0.2, 0) is 0 Å². The molecule has 0 aromatic rings. The Bertz CT molecular complexity index is 287. The summed E-state index contributed by atoms with van der Waals surface area (Å²) in [5.41, 5.74) is 6.24. The maximum Gasteiger partial charge on any atom is 0.192 e. The summed E-state index contributed by atoms with van der Waals surface area (Å²) in [6.07, 6.45) is 3.66. The molecule has 2 heterocycles. The van der Waals surface area contributed by atoms with Gasteiger partial charge < -0.3 is 15.5 Å². The van der Waals surface area contributed by atoms with E-state index < -0.39 is 0 Å². The number of hydrogen-bond acceptors (Lipinski definition) is 4. The fraction of sp³-hybridized carbons (Fsp3) is 0.917. The van der Waals surface area contributed by atoms with Gasteiger partial charge in [0.2, 0.25) is 0 Å². The van der Waals surface area contributed by atoms with E-state index in [0.717, 1.165) is 19.0 Å². The molecule has 2 rings (SSSR count). The van der Waals surface area contributed by atoms with Gasteiger partial charge >= 0.3 is 0 Å². The van der Waals surface area contributed by atoms with E-state index in [1.807, 2.05) is 0 Å². The van der Waals surface area contributed by atoms with Crippen molar-refractivity contribution in [3.05, 3.63) is 0 Å². The summed E-state index contributed by atoms with van der Waals surface area (Å²) in [6.45, 7) is 7.68. The second-order valence-corrected chi connectivity index (χ2v) is 5.52. The summed E-state index contributed by atoms with van der Waals surface area (Å²) in [5.74, 6) is 0.750. The lowest BCUT2D eigenvalue weighted by Crippen LogP contribution is -2.55. The van der Waals surface area contributed by atoms with Crippen molar-refractivity contribution in [1.82, 2.24) is 9.80 Å². The maximum atomic E-state index is 6.03. The molecule has 4 nitrogen and oxygen atoms in total. The third kappa shape index (κ3) is 1.90. The molecule has 1 fully saturated rings. The number of hydrogen-bond donors (Lipinski definition) is 1. The number of likely N-dealkylation sites (tertiary alicyclic amines) is 1. The van der Waals surface area contributed by atoms with Crippen molar-refractivity contribution >= 4 is 5.96 Å². The van der Waals surface area contributed by atoms with Crippen molar-refractivity contribution in [3.63, 3.8) is 0 Å². The van der Waals surface area contributed by atoms with Gasteiger partial charge in [-0.15, -0.1) is 0 Å². The van der Waals surface area contributed by atoms with Gasteiger partial charge in [-0.25, -0.2) is 0 Å². The van der Waals surface area contributed by atoms with Crippen molar-refractivity contribution in [2.75, 3.05) is 26.7 Å². The van der Waals surface area contributed by atoms with Gasteiger partial charge in [0, 0.05) is 12.6 Å². The molecule has 0 aromatic carbocycles. The largest absolute Gasteiger partial charge is 0.370 e. The summed E-state index contributed by atoms with van der Waals surface area (Å²) >= 11 is 0. The van der Waals surface area contributed by atoms with Gasteiger partial charge in [-0.2, -0.15) is 0 Å². The molecule has 0 amide bonds. The van der Waals surface area contributed by atoms with Gasteiger partial charge in [0.05, 0.1) is 12.1 Å². The summed E-state index contributed by atoms with van der Waals surface area (Å²) in [6, 6.07) is 0.453. The van der Waals surface area contributed by atoms with Crippen molar-refractivity contribution in [3.8, 4) is 0 Å². The molecule has 2 N–H and O–H groups in total. The van der Waals surface area contributed by atoms with Gasteiger partial charge in [-0.05, 0) is 46.7 Å². The molecule has 2 aliphatic rings. The molecular weight excluding hydrogens is 200 g/mol. The topological polar surface area (TPSA) is 44.9 Å². The molecule has 1 saturated heterocycles. The molecule has 0 saturated carbocycles. The van der Waals surface area contributed by atoms with Gasteiger partial charge in [0.15, 0.2) is 5.96 Å². The molecule has 1 atom stereocenters. The monoisotopic (exact) mass is 224 g/mol. The number of aliphatic imine (C=N–C) groups is 1. The van der Waals surface area contributed by atoms with Crippen LogP contribution < -0.4 is 5.73 Å². The van der Waals surface area contributed by atoms with E-state index in [2.05, 4.69) is 35.7 Å². The molecule has 16 heavy (non-hydrogen) atoms. The standard InChI is InChI=1S/C12H24N4/c1-10(2)16-11(13)14-9-12(16)5-4-7-15(3)8-6-12/h10H,4-9H2,1-3H3,(H2,13,14). The van der Waals surface area contributed by atoms with Gasteiger partial charge in [0.25, 0.3) is 0 Å². The van der Waals surface area contributed by atoms with Crippen LogP contribution in [0.4, 0.5) is 0 Å². The quantitative estimate of drug-likeness (QED) is 0.719. The first-order valence-corrected chi connectivity index (χ1v) is 6.33. The molecular formula is C12H24N4. The van der Waals surface area contributed by atoms with Gasteiger partial charge in [-0.3, -0.25) is 4.99 Å². The van der Waals surface area contributed by atoms with E-state index in [4.69, 9.17) is 5.73 Å². The Morgan fingerprint density at radius 2 is 2.06 bits per heavy atom. The number of nitrogens with two attached hydrogens (primary N) is 1. The van der Waals surface area contributed by atoms with E-state index in [9.17, 15) is 0 Å².